The van der Waals surface area contributed by atoms with E-state index in [2.05, 4.69) is 42.3 Å². The molecular formula is C18H27N3O2. The highest BCUT2D eigenvalue weighted by Gasteiger charge is 2.24. The molecule has 5 heteroatoms. The third-order valence-electron chi connectivity index (χ3n) is 4.77. The van der Waals surface area contributed by atoms with Crippen molar-refractivity contribution in [1.82, 2.24) is 10.2 Å². The van der Waals surface area contributed by atoms with Crippen LogP contribution in [-0.2, 0) is 9.59 Å². The standard InChI is InChI=1S/C18H27N3O2/c1-12-4-5-16(10-13(12)2)14(3)20-17(22)11-21-8-6-15(7-9-21)18(19)23/h4-5,10,14-15H,6-9,11H2,1-3H3,(H2,19,23)(H,20,22)/t14-/m0/s1. The summed E-state index contributed by atoms with van der Waals surface area (Å²) >= 11 is 0. The molecule has 23 heavy (non-hydrogen) atoms. The Hall–Kier alpha value is -1.88. The topological polar surface area (TPSA) is 75.4 Å². The molecule has 1 aliphatic rings. The van der Waals surface area contributed by atoms with E-state index in [1.54, 1.807) is 0 Å². The van der Waals surface area contributed by atoms with E-state index < -0.39 is 0 Å². The van der Waals surface area contributed by atoms with Crippen LogP contribution in [-0.4, -0.2) is 36.3 Å². The number of benzene rings is 1. The molecule has 1 heterocycles. The molecule has 0 saturated carbocycles. The zero-order valence-electron chi connectivity index (χ0n) is 14.3. The van der Waals surface area contributed by atoms with Gasteiger partial charge in [-0.25, -0.2) is 0 Å². The van der Waals surface area contributed by atoms with Gasteiger partial charge in [-0.05, 0) is 63.4 Å². The lowest BCUT2D eigenvalue weighted by Crippen LogP contribution is -2.44. The summed E-state index contributed by atoms with van der Waals surface area (Å²) in [6.07, 6.45) is 1.49. The number of carbonyl (C=O) groups is 2. The number of hydrogen-bond donors (Lipinski definition) is 2. The molecule has 1 saturated heterocycles. The molecule has 1 aromatic rings. The zero-order chi connectivity index (χ0) is 17.0. The summed E-state index contributed by atoms with van der Waals surface area (Å²) in [6.45, 7) is 8.04. The lowest BCUT2D eigenvalue weighted by atomic mass is 9.96. The Morgan fingerprint density at radius 3 is 2.48 bits per heavy atom. The molecule has 0 bridgehead atoms. The van der Waals surface area contributed by atoms with Crippen LogP contribution in [0.1, 0.15) is 42.5 Å². The molecule has 0 spiro atoms. The summed E-state index contributed by atoms with van der Waals surface area (Å²) < 4.78 is 0. The first-order valence-corrected chi connectivity index (χ1v) is 8.25. The van der Waals surface area contributed by atoms with Gasteiger partial charge in [0.15, 0.2) is 0 Å². The van der Waals surface area contributed by atoms with E-state index in [9.17, 15) is 9.59 Å². The molecule has 1 fully saturated rings. The highest BCUT2D eigenvalue weighted by atomic mass is 16.2. The number of rotatable bonds is 5. The normalized spacial score (nSPS) is 17.7. The number of hydrogen-bond acceptors (Lipinski definition) is 3. The molecular weight excluding hydrogens is 290 g/mol. The third-order valence-corrected chi connectivity index (χ3v) is 4.77. The van der Waals surface area contributed by atoms with Crippen molar-refractivity contribution in [2.24, 2.45) is 11.7 Å². The molecule has 2 amide bonds. The zero-order valence-corrected chi connectivity index (χ0v) is 14.3. The van der Waals surface area contributed by atoms with Crippen molar-refractivity contribution in [1.29, 1.82) is 0 Å². The Morgan fingerprint density at radius 1 is 1.26 bits per heavy atom. The smallest absolute Gasteiger partial charge is 0.234 e. The van der Waals surface area contributed by atoms with Crippen molar-refractivity contribution < 1.29 is 9.59 Å². The van der Waals surface area contributed by atoms with Crippen molar-refractivity contribution in [2.75, 3.05) is 19.6 Å². The fraction of sp³-hybridized carbons (Fsp3) is 0.556. The van der Waals surface area contributed by atoms with Gasteiger partial charge in [-0.15, -0.1) is 0 Å². The van der Waals surface area contributed by atoms with Gasteiger partial charge in [0.1, 0.15) is 0 Å². The SMILES string of the molecule is Cc1ccc([C@H](C)NC(=O)CN2CCC(C(N)=O)CC2)cc1C. The van der Waals surface area contributed by atoms with Gasteiger partial charge in [-0.2, -0.15) is 0 Å². The molecule has 0 aliphatic carbocycles. The van der Waals surface area contributed by atoms with Gasteiger partial charge >= 0.3 is 0 Å². The lowest BCUT2D eigenvalue weighted by molar-refractivity contribution is -0.124. The van der Waals surface area contributed by atoms with Gasteiger partial charge in [-0.1, -0.05) is 18.2 Å². The molecule has 2 rings (SSSR count). The minimum absolute atomic E-state index is 0.00930. The van der Waals surface area contributed by atoms with Gasteiger partial charge in [0.2, 0.25) is 11.8 Å². The Bertz CT molecular complexity index is 578. The van der Waals surface area contributed by atoms with Crippen LogP contribution in [0.2, 0.25) is 0 Å². The number of aryl methyl sites for hydroxylation is 2. The van der Waals surface area contributed by atoms with E-state index in [0.29, 0.717) is 6.54 Å². The number of amides is 2. The third kappa shape index (κ3) is 4.79. The number of likely N-dealkylation sites (tertiary alicyclic amines) is 1. The monoisotopic (exact) mass is 317 g/mol. The summed E-state index contributed by atoms with van der Waals surface area (Å²) in [4.78, 5) is 25.5. The number of piperidine rings is 1. The second-order valence-corrected chi connectivity index (χ2v) is 6.59. The molecule has 126 valence electrons. The van der Waals surface area contributed by atoms with E-state index in [4.69, 9.17) is 5.73 Å². The van der Waals surface area contributed by atoms with Gasteiger partial charge in [0.25, 0.3) is 0 Å². The number of nitrogens with two attached hydrogens (primary N) is 1. The van der Waals surface area contributed by atoms with Crippen molar-refractivity contribution in [3.8, 4) is 0 Å². The van der Waals surface area contributed by atoms with Crippen molar-refractivity contribution in [3.05, 3.63) is 34.9 Å². The van der Waals surface area contributed by atoms with E-state index >= 15 is 0 Å². The maximum atomic E-state index is 12.2. The number of primary amides is 1. The van der Waals surface area contributed by atoms with Crippen LogP contribution in [0.3, 0.4) is 0 Å². The highest BCUT2D eigenvalue weighted by molar-refractivity contribution is 5.79. The summed E-state index contributed by atoms with van der Waals surface area (Å²) in [5.74, 6) is -0.241. The first-order chi connectivity index (χ1) is 10.9. The van der Waals surface area contributed by atoms with Gasteiger partial charge < -0.3 is 11.1 Å². The Morgan fingerprint density at radius 2 is 1.91 bits per heavy atom. The number of carbonyl (C=O) groups excluding carboxylic acids is 2. The van der Waals surface area contributed by atoms with Crippen molar-refractivity contribution in [3.63, 3.8) is 0 Å². The van der Waals surface area contributed by atoms with E-state index in [1.165, 1.54) is 11.1 Å². The molecule has 0 radical (unpaired) electrons. The largest absolute Gasteiger partial charge is 0.369 e. The van der Waals surface area contributed by atoms with Gasteiger partial charge in [-0.3, -0.25) is 14.5 Å². The molecule has 0 aromatic heterocycles. The summed E-state index contributed by atoms with van der Waals surface area (Å²) in [6, 6.07) is 6.26. The predicted molar refractivity (Wildman–Crippen MR) is 90.8 cm³/mol. The maximum absolute atomic E-state index is 12.2. The van der Waals surface area contributed by atoms with Crippen LogP contribution < -0.4 is 11.1 Å². The molecule has 1 atom stereocenters. The second kappa shape index (κ2) is 7.59. The lowest BCUT2D eigenvalue weighted by Gasteiger charge is -2.30. The second-order valence-electron chi connectivity index (χ2n) is 6.59. The molecule has 1 aliphatic heterocycles. The average Bonchev–Trinajstić information content (AvgIpc) is 2.50. The summed E-state index contributed by atoms with van der Waals surface area (Å²) in [5, 5.41) is 3.05. The molecule has 0 unspecified atom stereocenters. The number of nitrogens with one attached hydrogen (secondary N) is 1. The summed E-state index contributed by atoms with van der Waals surface area (Å²) in [7, 11) is 0. The fourth-order valence-corrected chi connectivity index (χ4v) is 2.98. The van der Waals surface area contributed by atoms with Crippen molar-refractivity contribution >= 4 is 11.8 Å². The van der Waals surface area contributed by atoms with Gasteiger partial charge in [0.05, 0.1) is 12.6 Å². The van der Waals surface area contributed by atoms with Crippen LogP contribution in [0.25, 0.3) is 0 Å². The summed E-state index contributed by atoms with van der Waals surface area (Å²) in [5.41, 5.74) is 8.94. The van der Waals surface area contributed by atoms with Crippen LogP contribution in [0, 0.1) is 19.8 Å². The molecule has 3 N–H and O–H groups in total. The van der Waals surface area contributed by atoms with E-state index in [1.807, 2.05) is 6.92 Å². The maximum Gasteiger partial charge on any atom is 0.234 e. The molecule has 5 nitrogen and oxygen atoms in total. The Labute approximate surface area is 138 Å². The number of nitrogens with zero attached hydrogens (tertiary/aromatic N) is 1. The first-order valence-electron chi connectivity index (χ1n) is 8.25. The quantitative estimate of drug-likeness (QED) is 0.867. The minimum atomic E-state index is -0.225. The van der Waals surface area contributed by atoms with Crippen molar-refractivity contribution in [2.45, 2.75) is 39.7 Å². The highest BCUT2D eigenvalue weighted by Crippen LogP contribution is 2.18. The van der Waals surface area contributed by atoms with Crippen LogP contribution >= 0.6 is 0 Å². The first kappa shape index (κ1) is 17.5. The van der Waals surface area contributed by atoms with E-state index in [0.717, 1.165) is 31.5 Å². The minimum Gasteiger partial charge on any atom is -0.369 e. The predicted octanol–water partition coefficient (Wildman–Crippen LogP) is 1.68. The Balaban J connectivity index is 1.82. The molecule has 1 aromatic carbocycles. The van der Waals surface area contributed by atoms with Crippen LogP contribution in [0.5, 0.6) is 0 Å². The van der Waals surface area contributed by atoms with E-state index in [-0.39, 0.29) is 23.8 Å². The average molecular weight is 317 g/mol. The van der Waals surface area contributed by atoms with Crippen LogP contribution in [0.4, 0.5) is 0 Å². The van der Waals surface area contributed by atoms with Gasteiger partial charge in [0, 0.05) is 5.92 Å². The van der Waals surface area contributed by atoms with Crippen LogP contribution in [0.15, 0.2) is 18.2 Å². The fourth-order valence-electron chi connectivity index (χ4n) is 2.98. The Kier molecular flexibility index (Phi) is 5.77.